The second kappa shape index (κ2) is 47.5. The number of aromatic hydroxyl groups is 1. The van der Waals surface area contributed by atoms with Crippen molar-refractivity contribution in [2.24, 2.45) is 45.1 Å². The van der Waals surface area contributed by atoms with Gasteiger partial charge in [0.2, 0.25) is 76.8 Å². The van der Waals surface area contributed by atoms with Crippen LogP contribution in [-0.2, 0) is 73.5 Å². The van der Waals surface area contributed by atoms with E-state index in [2.05, 4.69) is 70.8 Å². The molecule has 0 spiro atoms. The minimum atomic E-state index is -1.93. The second-order valence-corrected chi connectivity index (χ2v) is 26.4. The lowest BCUT2D eigenvalue weighted by molar-refractivity contribution is -0.149. The van der Waals surface area contributed by atoms with Gasteiger partial charge in [-0.05, 0) is 154 Å². The highest BCUT2D eigenvalue weighted by Gasteiger charge is 2.46. The molecule has 2 fully saturated rings. The first-order chi connectivity index (χ1) is 50.3. The lowest BCUT2D eigenvalue weighted by Gasteiger charge is -2.34. The molecule has 30 N–H and O–H groups in total. The van der Waals surface area contributed by atoms with E-state index in [-0.39, 0.29) is 109 Å². The number of phenolic OH excluding ortho intramolecular Hbond substituents is 1. The molecule has 106 heavy (non-hydrogen) atoms. The quantitative estimate of drug-likeness (QED) is 0.0125. The Hall–Kier alpha value is -9.10. The number of guanidine groups is 1. The zero-order valence-corrected chi connectivity index (χ0v) is 60.7. The highest BCUT2D eigenvalue weighted by molar-refractivity contribution is 7.80. The standard InChI is InChI=1S/C65H110N20O20S/c1-34(88)50(82-56(96)43(30-36-18-20-37(90)21-19-36)78-57(97)45(32-87)80-58(98)44(31-86)79-52(92)38(69)22-23-49(70)91)61(101)81-46(33-106)59(99)83-51(35(2)89)63(103)85-29-11-17-48(85)62(102)84-28-10-16-47(84)60(100)76-40(13-4-7-25-67)53(93)75-41(15-9-27-73-65(71)72)54(94)74-39(12-3-6-24-66)55(95)77-42(64(104)105)14-5-8-26-68/h18-21,34-35,38-48,50-51,86-90,106H,3-17,22-33,66-69H2,1-2H3,(H2,70,91)(H,74,94)(H,75,93)(H,76,100)(H,77,95)(H,78,97)(H,79,92)(H,80,98)(H,81,101)(H,82,96)(H,83,99)(H,104,105)(H4,71,72,73)/t34-,35-,38+,39+,40+,41+,42+,43+,44+,45+,46+,47+,48+,50+,51+/m1/s1. The molecule has 0 aliphatic carbocycles. The van der Waals surface area contributed by atoms with Crippen molar-refractivity contribution in [2.45, 2.75) is 220 Å². The number of nitrogens with two attached hydrogens (primary N) is 7. The number of carbonyl (C=O) groups is 14. The number of aliphatic carboxylic acids is 1. The number of primary amides is 1. The summed E-state index contributed by atoms with van der Waals surface area (Å²) in [5, 5.41) is 86.2. The highest BCUT2D eigenvalue weighted by atomic mass is 32.1. The fourth-order valence-corrected chi connectivity index (χ4v) is 11.8. The van der Waals surface area contributed by atoms with Crippen LogP contribution in [0.2, 0.25) is 0 Å². The molecule has 0 unspecified atom stereocenters. The minimum Gasteiger partial charge on any atom is -0.508 e. The van der Waals surface area contributed by atoms with E-state index in [4.69, 9.17) is 40.1 Å². The molecule has 596 valence electrons. The minimum absolute atomic E-state index is 0.000712. The van der Waals surface area contributed by atoms with Gasteiger partial charge in [-0.15, -0.1) is 0 Å². The highest BCUT2D eigenvalue weighted by Crippen LogP contribution is 2.27. The number of aliphatic hydroxyl groups is 4. The summed E-state index contributed by atoms with van der Waals surface area (Å²) in [6.07, 6.45) is -1.03. The fraction of sp³-hybridized carbons (Fsp3) is 0.677. The number of likely N-dealkylation sites (tertiary alicyclic amines) is 2. The zero-order valence-electron chi connectivity index (χ0n) is 59.8. The number of unbranched alkanes of at least 4 members (excludes halogenated alkanes) is 3. The normalized spacial score (nSPS) is 17.8. The molecule has 1 aromatic carbocycles. The first-order valence-electron chi connectivity index (χ1n) is 35.3. The van der Waals surface area contributed by atoms with Gasteiger partial charge in [-0.2, -0.15) is 12.6 Å². The van der Waals surface area contributed by atoms with Crippen molar-refractivity contribution in [1.29, 1.82) is 0 Å². The van der Waals surface area contributed by atoms with Crippen LogP contribution in [0.5, 0.6) is 5.75 Å². The van der Waals surface area contributed by atoms with Crippen LogP contribution < -0.4 is 93.3 Å². The van der Waals surface area contributed by atoms with Crippen molar-refractivity contribution in [2.75, 3.05) is 58.2 Å². The summed E-state index contributed by atoms with van der Waals surface area (Å²) in [6.45, 7) is 0.859. The Morgan fingerprint density at radius 2 is 0.925 bits per heavy atom. The van der Waals surface area contributed by atoms with Crippen molar-refractivity contribution >= 4 is 101 Å². The molecule has 2 aliphatic rings. The predicted molar refractivity (Wildman–Crippen MR) is 385 cm³/mol. The number of nitrogens with zero attached hydrogens (tertiary/aromatic N) is 3. The molecule has 15 atom stereocenters. The van der Waals surface area contributed by atoms with Gasteiger partial charge in [0.1, 0.15) is 78.3 Å². The maximum atomic E-state index is 14.7. The average Bonchev–Trinajstić information content (AvgIpc) is 1.63. The monoisotopic (exact) mass is 1520 g/mol. The van der Waals surface area contributed by atoms with E-state index in [1.165, 1.54) is 36.1 Å². The molecule has 41 heteroatoms. The lowest BCUT2D eigenvalue weighted by Crippen LogP contribution is -2.63. The first kappa shape index (κ1) is 91.1. The Morgan fingerprint density at radius 3 is 1.41 bits per heavy atom. The van der Waals surface area contributed by atoms with E-state index in [1.54, 1.807) is 0 Å². The van der Waals surface area contributed by atoms with Crippen LogP contribution in [0, 0.1) is 0 Å². The smallest absolute Gasteiger partial charge is 0.326 e. The molecule has 1 aromatic rings. The molecule has 0 saturated carbocycles. The molecule has 3 rings (SSSR count). The van der Waals surface area contributed by atoms with Crippen molar-refractivity contribution in [3.8, 4) is 5.75 Å². The SMILES string of the molecule is C[C@@H](O)[C@H](NC(=O)[C@H](Cc1ccc(O)cc1)NC(=O)[C@H](CO)NC(=O)[C@H](CO)NC(=O)[C@@H](N)CCC(N)=O)C(=O)N[C@@H](CS)C(=O)N[C@H](C(=O)N1CCC[C@H]1C(=O)N1CCC[C@H]1C(=O)N[C@@H](CCCCN)C(=O)N[C@@H](CCCN=C(N)N)C(=O)N[C@@H](CCCCN)C(=O)N[C@@H](CCCCN)C(=O)O)[C@@H](C)O. The summed E-state index contributed by atoms with van der Waals surface area (Å²) in [5.74, 6) is -14.7. The topological polar surface area (TPSA) is 682 Å². The fourth-order valence-electron chi connectivity index (χ4n) is 11.6. The number of aliphatic imine (C=N–C) groups is 1. The third kappa shape index (κ3) is 30.4. The number of benzene rings is 1. The van der Waals surface area contributed by atoms with Gasteiger partial charge >= 0.3 is 5.97 Å². The second-order valence-electron chi connectivity index (χ2n) is 26.0. The Kier molecular flexibility index (Phi) is 40.8. The van der Waals surface area contributed by atoms with E-state index in [1.807, 2.05) is 0 Å². The van der Waals surface area contributed by atoms with Gasteiger partial charge in [0.25, 0.3) is 0 Å². The Bertz CT molecular complexity index is 3130. The van der Waals surface area contributed by atoms with Gasteiger partial charge in [-0.25, -0.2) is 4.79 Å². The molecule has 0 radical (unpaired) electrons. The number of nitrogens with one attached hydrogen (secondary N) is 10. The molecule has 2 heterocycles. The van der Waals surface area contributed by atoms with Gasteiger partial charge < -0.3 is 134 Å². The van der Waals surface area contributed by atoms with Crippen LogP contribution >= 0.6 is 12.6 Å². The molecule has 2 saturated heterocycles. The summed E-state index contributed by atoms with van der Waals surface area (Å²) in [4.78, 5) is 198. The number of hydrogen-bond acceptors (Lipinski definition) is 25. The van der Waals surface area contributed by atoms with Crippen molar-refractivity contribution in [3.05, 3.63) is 29.8 Å². The third-order valence-corrected chi connectivity index (χ3v) is 17.9. The number of carboxylic acids is 1. The van der Waals surface area contributed by atoms with Crippen molar-refractivity contribution in [3.63, 3.8) is 0 Å². The van der Waals surface area contributed by atoms with Crippen LogP contribution in [0.25, 0.3) is 0 Å². The maximum absolute atomic E-state index is 14.7. The molecule has 40 nitrogen and oxygen atoms in total. The number of carbonyl (C=O) groups excluding carboxylic acids is 13. The number of aliphatic hydroxyl groups excluding tert-OH is 4. The van der Waals surface area contributed by atoms with Crippen molar-refractivity contribution in [1.82, 2.24) is 63.0 Å². The molecule has 0 bridgehead atoms. The predicted octanol–water partition coefficient (Wildman–Crippen LogP) is -9.44. The van der Waals surface area contributed by atoms with E-state index in [0.29, 0.717) is 57.1 Å². The van der Waals surface area contributed by atoms with Crippen LogP contribution in [0.1, 0.15) is 129 Å². The van der Waals surface area contributed by atoms with E-state index in [0.717, 1.165) is 11.8 Å². The number of carboxylic acid groups (broad SMARTS) is 1. The molecule has 0 aromatic heterocycles. The van der Waals surface area contributed by atoms with Crippen LogP contribution in [0.4, 0.5) is 0 Å². The van der Waals surface area contributed by atoms with Crippen molar-refractivity contribution < 1.29 is 97.8 Å². The Balaban J connectivity index is 1.84. The van der Waals surface area contributed by atoms with Crippen LogP contribution in [0.15, 0.2) is 29.3 Å². The molecular weight excluding hydrogens is 1410 g/mol. The number of thiol groups is 1. The van der Waals surface area contributed by atoms with Gasteiger partial charge in [0.15, 0.2) is 5.96 Å². The summed E-state index contributed by atoms with van der Waals surface area (Å²) in [6, 6.07) is -14.5. The van der Waals surface area contributed by atoms with Gasteiger partial charge in [0.05, 0.1) is 31.5 Å². The molecule has 13 amide bonds. The number of hydrogen-bond donors (Lipinski definition) is 24. The van der Waals surface area contributed by atoms with Gasteiger partial charge in [-0.1, -0.05) is 12.1 Å². The summed E-state index contributed by atoms with van der Waals surface area (Å²) >= 11 is 4.22. The van der Waals surface area contributed by atoms with E-state index in [9.17, 15) is 97.8 Å². The Morgan fingerprint density at radius 1 is 0.509 bits per heavy atom. The first-order valence-corrected chi connectivity index (χ1v) is 35.9. The largest absolute Gasteiger partial charge is 0.508 e. The zero-order chi connectivity index (χ0) is 79.3. The Labute approximate surface area is 618 Å². The average molecular weight is 1520 g/mol. The van der Waals surface area contributed by atoms with Crippen LogP contribution in [0.3, 0.4) is 0 Å². The maximum Gasteiger partial charge on any atom is 0.326 e. The third-order valence-electron chi connectivity index (χ3n) is 17.6. The van der Waals surface area contributed by atoms with E-state index >= 15 is 0 Å². The summed E-state index contributed by atoms with van der Waals surface area (Å²) in [5.41, 5.74) is 39.4. The number of rotatable bonds is 49. The lowest BCUT2D eigenvalue weighted by atomic mass is 10.0. The summed E-state index contributed by atoms with van der Waals surface area (Å²) < 4.78 is 0. The van der Waals surface area contributed by atoms with Gasteiger partial charge in [0, 0.05) is 38.2 Å². The summed E-state index contributed by atoms with van der Waals surface area (Å²) in [7, 11) is 0. The van der Waals surface area contributed by atoms with Gasteiger partial charge in [-0.3, -0.25) is 67.3 Å². The van der Waals surface area contributed by atoms with Crippen LogP contribution in [-0.4, -0.2) is 278 Å². The number of amides is 13. The molecular formula is C65H110N20O20S. The number of phenols is 1. The van der Waals surface area contributed by atoms with E-state index < -0.39 is 199 Å². The molecule has 2 aliphatic heterocycles.